The maximum Gasteiger partial charge on any atom is 0.417 e. The van der Waals surface area contributed by atoms with Crippen molar-refractivity contribution in [3.05, 3.63) is 29.6 Å². The first-order valence-corrected chi connectivity index (χ1v) is 5.64. The van der Waals surface area contributed by atoms with E-state index in [4.69, 9.17) is 0 Å². The number of alkyl halides is 3. The number of carbonyl (C=O) groups is 1. The molecule has 100 valence electrons. The predicted octanol–water partition coefficient (Wildman–Crippen LogP) is 2.67. The molecule has 1 aromatic rings. The number of nitrogens with one attached hydrogen (secondary N) is 1. The molecule has 0 saturated carbocycles. The lowest BCUT2D eigenvalue weighted by atomic mass is 10.1. The molecule has 1 unspecified atom stereocenters. The molecule has 6 heteroatoms. The van der Waals surface area contributed by atoms with Crippen LogP contribution in [0, 0.1) is 0 Å². The van der Waals surface area contributed by atoms with Gasteiger partial charge < -0.3 is 5.32 Å². The Kier molecular flexibility index (Phi) is 4.84. The van der Waals surface area contributed by atoms with Gasteiger partial charge in [0.1, 0.15) is 0 Å². The number of hydrogen-bond acceptors (Lipinski definition) is 3. The van der Waals surface area contributed by atoms with Gasteiger partial charge in [-0.05, 0) is 19.4 Å². The molecule has 1 aromatic heterocycles. The van der Waals surface area contributed by atoms with Gasteiger partial charge in [0.25, 0.3) is 0 Å². The Labute approximate surface area is 103 Å². The highest BCUT2D eigenvalue weighted by Gasteiger charge is 2.34. The molecule has 0 bridgehead atoms. The van der Waals surface area contributed by atoms with Crippen molar-refractivity contribution in [3.8, 4) is 0 Å². The lowest BCUT2D eigenvalue weighted by Gasteiger charge is -2.13. The van der Waals surface area contributed by atoms with Crippen molar-refractivity contribution < 1.29 is 18.0 Å². The van der Waals surface area contributed by atoms with Crippen molar-refractivity contribution in [2.45, 2.75) is 32.5 Å². The Bertz CT molecular complexity index is 418. The third kappa shape index (κ3) is 3.80. The van der Waals surface area contributed by atoms with E-state index in [1.54, 1.807) is 0 Å². The fourth-order valence-electron chi connectivity index (χ4n) is 1.37. The van der Waals surface area contributed by atoms with Crippen LogP contribution in [0.5, 0.6) is 0 Å². The van der Waals surface area contributed by atoms with E-state index in [9.17, 15) is 18.0 Å². The fraction of sp³-hybridized carbons (Fsp3) is 0.500. The molecule has 0 saturated heterocycles. The van der Waals surface area contributed by atoms with Gasteiger partial charge in [0.05, 0.1) is 12.1 Å². The Morgan fingerprint density at radius 3 is 2.72 bits per heavy atom. The van der Waals surface area contributed by atoms with Gasteiger partial charge in [-0.3, -0.25) is 9.78 Å². The zero-order chi connectivity index (χ0) is 13.8. The molecule has 0 aliphatic heterocycles. The van der Waals surface area contributed by atoms with E-state index < -0.39 is 17.5 Å². The van der Waals surface area contributed by atoms with E-state index in [1.165, 1.54) is 0 Å². The highest BCUT2D eigenvalue weighted by Crippen LogP contribution is 2.31. The van der Waals surface area contributed by atoms with Crippen LogP contribution in [0.4, 0.5) is 13.2 Å². The van der Waals surface area contributed by atoms with Crippen molar-refractivity contribution in [1.29, 1.82) is 0 Å². The van der Waals surface area contributed by atoms with E-state index in [1.807, 2.05) is 13.8 Å². The number of rotatable bonds is 5. The number of ketones is 1. The van der Waals surface area contributed by atoms with Gasteiger partial charge in [-0.2, -0.15) is 13.2 Å². The van der Waals surface area contributed by atoms with E-state index in [0.29, 0.717) is 0 Å². The summed E-state index contributed by atoms with van der Waals surface area (Å²) in [5.41, 5.74) is -1.32. The Morgan fingerprint density at radius 2 is 2.17 bits per heavy atom. The highest BCUT2D eigenvalue weighted by atomic mass is 19.4. The number of halogens is 3. The molecule has 0 radical (unpaired) electrons. The summed E-state index contributed by atoms with van der Waals surface area (Å²) in [5, 5.41) is 2.86. The van der Waals surface area contributed by atoms with E-state index >= 15 is 0 Å². The molecule has 0 aromatic carbocycles. The summed E-state index contributed by atoms with van der Waals surface area (Å²) in [6, 6.07) is 0.899. The third-order valence-corrected chi connectivity index (χ3v) is 2.65. The second-order valence-corrected chi connectivity index (χ2v) is 4.03. The van der Waals surface area contributed by atoms with Gasteiger partial charge in [0, 0.05) is 24.0 Å². The molecule has 0 amide bonds. The molecule has 1 N–H and O–H groups in total. The van der Waals surface area contributed by atoms with Crippen LogP contribution in [0.15, 0.2) is 18.5 Å². The standard InChI is InChI=1S/C12H15F3N2O/c1-3-8(2)17-7-11(18)9-6-16-5-4-10(9)12(13,14)15/h4-6,8,17H,3,7H2,1-2H3. The molecule has 0 spiro atoms. The van der Waals surface area contributed by atoms with Crippen LogP contribution in [0.2, 0.25) is 0 Å². The van der Waals surface area contributed by atoms with Crippen molar-refractivity contribution in [2.24, 2.45) is 0 Å². The molecular weight excluding hydrogens is 245 g/mol. The average molecular weight is 260 g/mol. The van der Waals surface area contributed by atoms with E-state index in [2.05, 4.69) is 10.3 Å². The summed E-state index contributed by atoms with van der Waals surface area (Å²) in [6.07, 6.45) is -1.75. The molecule has 1 rings (SSSR count). The van der Waals surface area contributed by atoms with Crippen LogP contribution in [0.1, 0.15) is 36.2 Å². The molecule has 1 heterocycles. The Morgan fingerprint density at radius 1 is 1.50 bits per heavy atom. The molecule has 0 aliphatic carbocycles. The summed E-state index contributed by atoms with van der Waals surface area (Å²) in [7, 11) is 0. The lowest BCUT2D eigenvalue weighted by Crippen LogP contribution is -2.31. The van der Waals surface area contributed by atoms with Crippen molar-refractivity contribution in [2.75, 3.05) is 6.54 Å². The summed E-state index contributed by atoms with van der Waals surface area (Å²) in [5.74, 6) is -0.601. The van der Waals surface area contributed by atoms with Gasteiger partial charge in [0.15, 0.2) is 5.78 Å². The first kappa shape index (κ1) is 14.6. The van der Waals surface area contributed by atoms with Crippen LogP contribution in [0.25, 0.3) is 0 Å². The van der Waals surface area contributed by atoms with E-state index in [-0.39, 0.29) is 18.2 Å². The number of hydrogen-bond donors (Lipinski definition) is 1. The number of aromatic nitrogens is 1. The first-order valence-electron chi connectivity index (χ1n) is 5.64. The second kappa shape index (κ2) is 5.95. The fourth-order valence-corrected chi connectivity index (χ4v) is 1.37. The zero-order valence-corrected chi connectivity index (χ0v) is 10.2. The van der Waals surface area contributed by atoms with Crippen molar-refractivity contribution in [3.63, 3.8) is 0 Å². The highest BCUT2D eigenvalue weighted by molar-refractivity contribution is 5.98. The topological polar surface area (TPSA) is 42.0 Å². The number of nitrogens with zero attached hydrogens (tertiary/aromatic N) is 1. The van der Waals surface area contributed by atoms with E-state index in [0.717, 1.165) is 24.9 Å². The SMILES string of the molecule is CCC(C)NCC(=O)c1cnccc1C(F)(F)F. The number of carbonyl (C=O) groups excluding carboxylic acids is 1. The maximum absolute atomic E-state index is 12.7. The van der Waals surface area contributed by atoms with Crippen LogP contribution in [0.3, 0.4) is 0 Å². The third-order valence-electron chi connectivity index (χ3n) is 2.65. The molecular formula is C12H15F3N2O. The predicted molar refractivity (Wildman–Crippen MR) is 61.3 cm³/mol. The summed E-state index contributed by atoms with van der Waals surface area (Å²) in [4.78, 5) is 15.3. The summed E-state index contributed by atoms with van der Waals surface area (Å²) < 4.78 is 38.0. The number of pyridine rings is 1. The minimum absolute atomic E-state index is 0.0833. The molecule has 18 heavy (non-hydrogen) atoms. The molecule has 0 aliphatic rings. The van der Waals surface area contributed by atoms with Gasteiger partial charge in [-0.1, -0.05) is 6.92 Å². The Hall–Kier alpha value is -1.43. The van der Waals surface area contributed by atoms with Crippen molar-refractivity contribution in [1.82, 2.24) is 10.3 Å². The van der Waals surface area contributed by atoms with Gasteiger partial charge >= 0.3 is 6.18 Å². The van der Waals surface area contributed by atoms with Crippen LogP contribution < -0.4 is 5.32 Å². The first-order chi connectivity index (χ1) is 8.36. The Balaban J connectivity index is 2.86. The smallest absolute Gasteiger partial charge is 0.307 e. The molecule has 1 atom stereocenters. The largest absolute Gasteiger partial charge is 0.417 e. The monoisotopic (exact) mass is 260 g/mol. The second-order valence-electron chi connectivity index (χ2n) is 4.03. The molecule has 3 nitrogen and oxygen atoms in total. The summed E-state index contributed by atoms with van der Waals surface area (Å²) in [6.45, 7) is 3.67. The number of Topliss-reactive ketones (excluding diaryl/α,β-unsaturated/α-hetero) is 1. The van der Waals surface area contributed by atoms with Crippen LogP contribution in [-0.4, -0.2) is 23.4 Å². The average Bonchev–Trinajstić information content (AvgIpc) is 2.34. The lowest BCUT2D eigenvalue weighted by molar-refractivity contribution is -0.138. The van der Waals surface area contributed by atoms with Gasteiger partial charge in [-0.15, -0.1) is 0 Å². The van der Waals surface area contributed by atoms with Crippen LogP contribution in [-0.2, 0) is 6.18 Å². The van der Waals surface area contributed by atoms with Crippen LogP contribution >= 0.6 is 0 Å². The van der Waals surface area contributed by atoms with Gasteiger partial charge in [0.2, 0.25) is 0 Å². The van der Waals surface area contributed by atoms with Gasteiger partial charge in [-0.25, -0.2) is 0 Å². The quantitative estimate of drug-likeness (QED) is 0.828. The zero-order valence-electron chi connectivity index (χ0n) is 10.2. The minimum Gasteiger partial charge on any atom is -0.307 e. The maximum atomic E-state index is 12.7. The van der Waals surface area contributed by atoms with Crippen molar-refractivity contribution >= 4 is 5.78 Å². The summed E-state index contributed by atoms with van der Waals surface area (Å²) >= 11 is 0. The molecule has 0 fully saturated rings. The normalized spacial score (nSPS) is 13.4. The minimum atomic E-state index is -4.54.